The molecule has 0 radical (unpaired) electrons. The zero-order valence-corrected chi connectivity index (χ0v) is 12.3. The van der Waals surface area contributed by atoms with Crippen LogP contribution in [0.4, 0.5) is 0 Å². The molecule has 0 aliphatic carbocycles. The maximum absolute atomic E-state index is 11.4. The minimum Gasteiger partial charge on any atom is -0.316 e. The van der Waals surface area contributed by atoms with Crippen molar-refractivity contribution in [2.24, 2.45) is 5.41 Å². The van der Waals surface area contributed by atoms with Crippen molar-refractivity contribution < 1.29 is 8.42 Å². The maximum Gasteiger partial charge on any atom is 0.150 e. The summed E-state index contributed by atoms with van der Waals surface area (Å²) in [5.74, 6) is 0.534. The summed E-state index contributed by atoms with van der Waals surface area (Å²) in [5.41, 5.74) is -0.00156. The van der Waals surface area contributed by atoms with Gasteiger partial charge in [-0.25, -0.2) is 8.42 Å². The summed E-state index contributed by atoms with van der Waals surface area (Å²) in [6.07, 6.45) is 4.63. The van der Waals surface area contributed by atoms with Gasteiger partial charge in [0, 0.05) is 12.3 Å². The van der Waals surface area contributed by atoms with Crippen molar-refractivity contribution in [1.29, 1.82) is 0 Å². The summed E-state index contributed by atoms with van der Waals surface area (Å²) < 4.78 is 22.8. The zero-order valence-electron chi connectivity index (χ0n) is 11.5. The van der Waals surface area contributed by atoms with Crippen LogP contribution in [0.15, 0.2) is 12.7 Å². The average Bonchev–Trinajstić information content (AvgIpc) is 2.29. The van der Waals surface area contributed by atoms with Crippen molar-refractivity contribution in [2.45, 2.75) is 40.0 Å². The largest absolute Gasteiger partial charge is 0.316 e. The van der Waals surface area contributed by atoms with Crippen LogP contribution in [0.1, 0.15) is 40.0 Å². The third kappa shape index (κ3) is 7.55. The van der Waals surface area contributed by atoms with E-state index < -0.39 is 9.84 Å². The molecule has 3 nitrogen and oxygen atoms in total. The summed E-state index contributed by atoms with van der Waals surface area (Å²) in [5, 5.41) is 3.37. The Labute approximate surface area is 107 Å². The van der Waals surface area contributed by atoms with E-state index in [1.165, 1.54) is 0 Å². The van der Waals surface area contributed by atoms with E-state index in [-0.39, 0.29) is 11.2 Å². The Hall–Kier alpha value is -0.350. The van der Waals surface area contributed by atoms with Crippen molar-refractivity contribution in [1.82, 2.24) is 5.32 Å². The van der Waals surface area contributed by atoms with Crippen LogP contribution in [0.3, 0.4) is 0 Å². The van der Waals surface area contributed by atoms with E-state index in [0.29, 0.717) is 12.2 Å². The van der Waals surface area contributed by atoms with Gasteiger partial charge in [-0.2, -0.15) is 0 Å². The zero-order chi connectivity index (χ0) is 13.4. The molecule has 17 heavy (non-hydrogen) atoms. The minimum atomic E-state index is -2.83. The van der Waals surface area contributed by atoms with E-state index in [1.54, 1.807) is 6.92 Å². The van der Waals surface area contributed by atoms with Crippen LogP contribution in [0.2, 0.25) is 0 Å². The predicted octanol–water partition coefficient (Wildman–Crippen LogP) is 2.39. The molecular weight excluding hydrogens is 234 g/mol. The van der Waals surface area contributed by atoms with Gasteiger partial charge in [0.05, 0.1) is 5.75 Å². The fourth-order valence-electron chi connectivity index (χ4n) is 1.65. The van der Waals surface area contributed by atoms with E-state index in [0.717, 1.165) is 25.9 Å². The second-order valence-electron chi connectivity index (χ2n) is 4.87. The summed E-state index contributed by atoms with van der Waals surface area (Å²) in [6, 6.07) is 0. The van der Waals surface area contributed by atoms with Crippen molar-refractivity contribution in [3.05, 3.63) is 12.7 Å². The summed E-state index contributed by atoms with van der Waals surface area (Å²) in [7, 11) is -2.83. The van der Waals surface area contributed by atoms with Gasteiger partial charge >= 0.3 is 0 Å². The summed E-state index contributed by atoms with van der Waals surface area (Å²) in [4.78, 5) is 0. The Kier molecular flexibility index (Phi) is 7.71. The van der Waals surface area contributed by atoms with Crippen molar-refractivity contribution in [3.63, 3.8) is 0 Å². The molecule has 0 saturated heterocycles. The highest BCUT2D eigenvalue weighted by atomic mass is 32.2. The quantitative estimate of drug-likeness (QED) is 0.485. The standard InChI is InChI=1S/C13H27NO2S/c1-5-10-14-12-13(4,6-2)9-8-11-17(15,16)7-3/h6,14H,2,5,7-12H2,1,3-4H3. The van der Waals surface area contributed by atoms with Crippen molar-refractivity contribution >= 4 is 9.84 Å². The number of nitrogens with one attached hydrogen (secondary N) is 1. The highest BCUT2D eigenvalue weighted by molar-refractivity contribution is 7.91. The lowest BCUT2D eigenvalue weighted by molar-refractivity contribution is 0.361. The van der Waals surface area contributed by atoms with Gasteiger partial charge in [0.25, 0.3) is 0 Å². The molecule has 0 spiro atoms. The molecule has 0 aliphatic heterocycles. The van der Waals surface area contributed by atoms with Crippen LogP contribution in [-0.2, 0) is 9.84 Å². The molecule has 1 atom stereocenters. The number of hydrogen-bond donors (Lipinski definition) is 1. The third-order valence-electron chi connectivity index (χ3n) is 3.09. The van der Waals surface area contributed by atoms with Gasteiger partial charge in [0.2, 0.25) is 0 Å². The molecule has 1 N–H and O–H groups in total. The van der Waals surface area contributed by atoms with Crippen molar-refractivity contribution in [2.75, 3.05) is 24.6 Å². The fraction of sp³-hybridized carbons (Fsp3) is 0.846. The van der Waals surface area contributed by atoms with Crippen LogP contribution in [0, 0.1) is 5.41 Å². The second kappa shape index (κ2) is 7.88. The lowest BCUT2D eigenvalue weighted by atomic mass is 9.86. The molecule has 0 fully saturated rings. The molecule has 0 aromatic carbocycles. The van der Waals surface area contributed by atoms with Gasteiger partial charge in [-0.1, -0.05) is 26.8 Å². The van der Waals surface area contributed by atoms with E-state index in [2.05, 4.69) is 25.7 Å². The van der Waals surface area contributed by atoms with Gasteiger partial charge in [-0.05, 0) is 31.2 Å². The molecule has 1 unspecified atom stereocenters. The van der Waals surface area contributed by atoms with E-state index in [1.807, 2.05) is 6.08 Å². The Morgan fingerprint density at radius 1 is 1.35 bits per heavy atom. The molecule has 4 heteroatoms. The van der Waals surface area contributed by atoms with Gasteiger partial charge in [-0.15, -0.1) is 6.58 Å². The van der Waals surface area contributed by atoms with E-state index in [4.69, 9.17) is 0 Å². The number of sulfone groups is 1. The fourth-order valence-corrected chi connectivity index (χ4v) is 2.53. The number of rotatable bonds is 10. The van der Waals surface area contributed by atoms with E-state index in [9.17, 15) is 8.42 Å². The first-order chi connectivity index (χ1) is 7.89. The summed E-state index contributed by atoms with van der Waals surface area (Å²) in [6.45, 7) is 11.7. The topological polar surface area (TPSA) is 46.2 Å². The summed E-state index contributed by atoms with van der Waals surface area (Å²) >= 11 is 0. The predicted molar refractivity (Wildman–Crippen MR) is 75.0 cm³/mol. The molecule has 0 heterocycles. The molecule has 0 aromatic rings. The SMILES string of the molecule is C=CC(C)(CCCS(=O)(=O)CC)CNCCC. The molecule has 0 aliphatic rings. The molecule has 0 bridgehead atoms. The molecule has 102 valence electrons. The van der Waals surface area contributed by atoms with Crippen LogP contribution < -0.4 is 5.32 Å². The number of hydrogen-bond acceptors (Lipinski definition) is 3. The first kappa shape index (κ1) is 16.6. The second-order valence-corrected chi connectivity index (χ2v) is 7.35. The van der Waals surface area contributed by atoms with Crippen molar-refractivity contribution in [3.8, 4) is 0 Å². The van der Waals surface area contributed by atoms with Gasteiger partial charge in [-0.3, -0.25) is 0 Å². The van der Waals surface area contributed by atoms with Gasteiger partial charge < -0.3 is 5.32 Å². The monoisotopic (exact) mass is 261 g/mol. The molecule has 0 rings (SSSR count). The normalized spacial score (nSPS) is 15.5. The van der Waals surface area contributed by atoms with Crippen LogP contribution >= 0.6 is 0 Å². The smallest absolute Gasteiger partial charge is 0.150 e. The van der Waals surface area contributed by atoms with Crippen LogP contribution in [-0.4, -0.2) is 33.0 Å². The first-order valence-electron chi connectivity index (χ1n) is 6.44. The van der Waals surface area contributed by atoms with Gasteiger partial charge in [0.1, 0.15) is 9.84 Å². The Balaban J connectivity index is 4.07. The molecular formula is C13H27NO2S. The Morgan fingerprint density at radius 2 is 2.00 bits per heavy atom. The highest BCUT2D eigenvalue weighted by Crippen LogP contribution is 2.24. The maximum atomic E-state index is 11.4. The van der Waals surface area contributed by atoms with Gasteiger partial charge in [0.15, 0.2) is 0 Å². The minimum absolute atomic E-state index is 0.00156. The van der Waals surface area contributed by atoms with Crippen LogP contribution in [0.25, 0.3) is 0 Å². The Morgan fingerprint density at radius 3 is 2.47 bits per heavy atom. The molecule has 0 amide bonds. The Bertz CT molecular complexity index is 311. The third-order valence-corrected chi connectivity index (χ3v) is 4.88. The highest BCUT2D eigenvalue weighted by Gasteiger charge is 2.20. The average molecular weight is 261 g/mol. The lowest BCUT2D eigenvalue weighted by Crippen LogP contribution is -2.31. The molecule has 0 aromatic heterocycles. The van der Waals surface area contributed by atoms with E-state index >= 15 is 0 Å². The van der Waals surface area contributed by atoms with Crippen LogP contribution in [0.5, 0.6) is 0 Å². The molecule has 0 saturated carbocycles. The lowest BCUT2D eigenvalue weighted by Gasteiger charge is -2.26. The first-order valence-corrected chi connectivity index (χ1v) is 8.26.